The molecule has 2 aromatic carbocycles. The minimum Gasteiger partial charge on any atom is -0.507 e. The maximum Gasteiger partial charge on any atom is 0.452 e. The van der Waals surface area contributed by atoms with E-state index in [9.17, 15) is 18.3 Å². The zero-order valence-electron chi connectivity index (χ0n) is 10.3. The molecule has 3 nitrogen and oxygen atoms in total. The molecular weight excluding hydrogens is 321 g/mol. The van der Waals surface area contributed by atoms with E-state index in [1.54, 1.807) is 30.3 Å². The van der Waals surface area contributed by atoms with Crippen molar-refractivity contribution in [3.8, 4) is 5.75 Å². The molecule has 0 radical (unpaired) electrons. The molecule has 0 bridgehead atoms. The Bertz CT molecular complexity index is 801. The highest BCUT2D eigenvalue weighted by Crippen LogP contribution is 2.38. The molecule has 0 aliphatic heterocycles. The molecule has 21 heavy (non-hydrogen) atoms. The van der Waals surface area contributed by atoms with E-state index < -0.39 is 12.0 Å². The van der Waals surface area contributed by atoms with Gasteiger partial charge in [0.2, 0.25) is 5.82 Å². The number of phenolic OH excluding ortho intramolecular Hbond substituents is 1. The molecule has 1 aromatic heterocycles. The zero-order chi connectivity index (χ0) is 15.0. The third-order valence-electron chi connectivity index (χ3n) is 2.72. The number of halogens is 3. The van der Waals surface area contributed by atoms with E-state index in [-0.39, 0.29) is 10.1 Å². The van der Waals surface area contributed by atoms with E-state index in [4.69, 9.17) is 0 Å². The van der Waals surface area contributed by atoms with Crippen LogP contribution in [0.1, 0.15) is 5.82 Å². The molecule has 0 aliphatic rings. The first-order valence-electron chi connectivity index (χ1n) is 5.74. The first-order chi connectivity index (χ1) is 9.95. The summed E-state index contributed by atoms with van der Waals surface area (Å²) in [6.07, 6.45) is -4.54. The molecule has 8 heteroatoms. The predicted octanol–water partition coefficient (Wildman–Crippen LogP) is 4.57. The Morgan fingerprint density at radius 3 is 2.43 bits per heavy atom. The van der Waals surface area contributed by atoms with E-state index in [1.807, 2.05) is 0 Å². The van der Waals surface area contributed by atoms with Crippen LogP contribution in [-0.4, -0.2) is 14.5 Å². The van der Waals surface area contributed by atoms with Gasteiger partial charge in [-0.1, -0.05) is 36.0 Å². The number of nitrogens with zero attached hydrogens (tertiary/aromatic N) is 2. The van der Waals surface area contributed by atoms with Crippen molar-refractivity contribution in [1.82, 2.24) is 9.36 Å². The molecule has 0 atom stereocenters. The Kier molecular flexibility index (Phi) is 3.50. The fourth-order valence-electron chi connectivity index (χ4n) is 1.80. The van der Waals surface area contributed by atoms with Crippen molar-refractivity contribution in [2.24, 2.45) is 0 Å². The summed E-state index contributed by atoms with van der Waals surface area (Å²) in [4.78, 5) is 4.20. The lowest BCUT2D eigenvalue weighted by molar-refractivity contribution is -0.144. The van der Waals surface area contributed by atoms with E-state index in [0.29, 0.717) is 21.8 Å². The van der Waals surface area contributed by atoms with E-state index in [1.165, 1.54) is 6.07 Å². The summed E-state index contributed by atoms with van der Waals surface area (Å²) in [5, 5.41) is 11.2. The Balaban J connectivity index is 1.99. The average molecular weight is 328 g/mol. The fraction of sp³-hybridized carbons (Fsp3) is 0.0769. The van der Waals surface area contributed by atoms with Crippen LogP contribution in [0.4, 0.5) is 13.2 Å². The molecule has 0 aliphatic carbocycles. The van der Waals surface area contributed by atoms with Crippen molar-refractivity contribution >= 4 is 34.1 Å². The summed E-state index contributed by atoms with van der Waals surface area (Å²) in [6, 6.07) is 10.3. The van der Waals surface area contributed by atoms with Gasteiger partial charge >= 0.3 is 6.18 Å². The lowest BCUT2D eigenvalue weighted by atomic mass is 10.1. The number of rotatable bonds is 2. The molecule has 0 fully saturated rings. The lowest BCUT2D eigenvalue weighted by Crippen LogP contribution is -2.06. The van der Waals surface area contributed by atoms with Crippen LogP contribution >= 0.6 is 23.3 Å². The van der Waals surface area contributed by atoms with E-state index >= 15 is 0 Å². The second-order valence-electron chi connectivity index (χ2n) is 4.11. The number of hydrogen-bond donors (Lipinski definition) is 1. The molecule has 0 saturated carbocycles. The van der Waals surface area contributed by atoms with Crippen LogP contribution in [0.15, 0.2) is 45.6 Å². The van der Waals surface area contributed by atoms with E-state index in [0.717, 1.165) is 17.1 Å². The number of aromatic hydroxyl groups is 1. The van der Waals surface area contributed by atoms with Gasteiger partial charge in [0.15, 0.2) is 4.34 Å². The third-order valence-corrected chi connectivity index (χ3v) is 4.55. The fourth-order valence-corrected chi connectivity index (χ4v) is 3.52. The molecular formula is C13H7F3N2OS2. The smallest absolute Gasteiger partial charge is 0.452 e. The van der Waals surface area contributed by atoms with Crippen molar-refractivity contribution < 1.29 is 18.3 Å². The van der Waals surface area contributed by atoms with Crippen LogP contribution in [0.25, 0.3) is 10.8 Å². The zero-order valence-corrected chi connectivity index (χ0v) is 11.9. The van der Waals surface area contributed by atoms with Crippen LogP contribution in [0.2, 0.25) is 0 Å². The second kappa shape index (κ2) is 5.19. The lowest BCUT2D eigenvalue weighted by Gasteiger charge is -2.05. The quantitative estimate of drug-likeness (QED) is 0.749. The first kappa shape index (κ1) is 14.2. The summed E-state index contributed by atoms with van der Waals surface area (Å²) in [7, 11) is 0. The number of aromatic nitrogens is 2. The van der Waals surface area contributed by atoms with Crippen molar-refractivity contribution in [3.63, 3.8) is 0 Å². The van der Waals surface area contributed by atoms with Gasteiger partial charge in [-0.2, -0.15) is 17.5 Å². The standard InChI is InChI=1S/C13H7F3N2OS2/c14-13(15,16)11-17-12(21-18-11)20-10-6-5-9(19)7-3-1-2-4-8(7)10/h1-6,19H. The maximum atomic E-state index is 12.5. The molecule has 0 amide bonds. The van der Waals surface area contributed by atoms with Crippen LogP contribution < -0.4 is 0 Å². The topological polar surface area (TPSA) is 46.0 Å². The molecule has 0 saturated heterocycles. The normalized spacial score (nSPS) is 12.0. The molecule has 1 N–H and O–H groups in total. The molecule has 0 spiro atoms. The van der Waals surface area contributed by atoms with Gasteiger partial charge in [0.05, 0.1) is 0 Å². The Labute approximate surface area is 125 Å². The third kappa shape index (κ3) is 2.81. The monoisotopic (exact) mass is 328 g/mol. The van der Waals surface area contributed by atoms with Gasteiger partial charge in [0, 0.05) is 10.3 Å². The first-order valence-corrected chi connectivity index (χ1v) is 7.33. The molecule has 1 heterocycles. The maximum absolute atomic E-state index is 12.5. The summed E-state index contributed by atoms with van der Waals surface area (Å²) in [6.45, 7) is 0. The largest absolute Gasteiger partial charge is 0.507 e. The van der Waals surface area contributed by atoms with Gasteiger partial charge in [-0.15, -0.1) is 0 Å². The summed E-state index contributed by atoms with van der Waals surface area (Å²) >= 11 is 1.80. The number of benzene rings is 2. The molecule has 3 rings (SSSR count). The van der Waals surface area contributed by atoms with Gasteiger partial charge in [-0.3, -0.25) is 0 Å². The highest BCUT2D eigenvalue weighted by molar-refractivity contribution is 8.01. The van der Waals surface area contributed by atoms with Crippen LogP contribution in [0.3, 0.4) is 0 Å². The molecule has 0 unspecified atom stereocenters. The Morgan fingerprint density at radius 1 is 1.05 bits per heavy atom. The molecule has 108 valence electrons. The molecule has 3 aromatic rings. The number of phenols is 1. The van der Waals surface area contributed by atoms with Gasteiger partial charge < -0.3 is 5.11 Å². The summed E-state index contributed by atoms with van der Waals surface area (Å²) in [5.74, 6) is -0.999. The van der Waals surface area contributed by atoms with Gasteiger partial charge in [0.25, 0.3) is 0 Å². The van der Waals surface area contributed by atoms with Crippen LogP contribution in [-0.2, 0) is 6.18 Å². The predicted molar refractivity (Wildman–Crippen MR) is 74.6 cm³/mol. The van der Waals surface area contributed by atoms with E-state index in [2.05, 4.69) is 9.36 Å². The van der Waals surface area contributed by atoms with Gasteiger partial charge in [-0.05, 0) is 29.1 Å². The summed E-state index contributed by atoms with van der Waals surface area (Å²) < 4.78 is 41.0. The minimum atomic E-state index is -4.54. The van der Waals surface area contributed by atoms with Crippen LogP contribution in [0.5, 0.6) is 5.75 Å². The van der Waals surface area contributed by atoms with Crippen molar-refractivity contribution in [2.45, 2.75) is 15.4 Å². The van der Waals surface area contributed by atoms with Crippen LogP contribution in [0, 0.1) is 0 Å². The SMILES string of the molecule is Oc1ccc(Sc2nc(C(F)(F)F)ns2)c2ccccc12. The summed E-state index contributed by atoms with van der Waals surface area (Å²) in [5.41, 5.74) is 0. The number of fused-ring (bicyclic) bond motifs is 1. The average Bonchev–Trinajstić information content (AvgIpc) is 2.91. The highest BCUT2D eigenvalue weighted by atomic mass is 32.2. The minimum absolute atomic E-state index is 0.128. The van der Waals surface area contributed by atoms with Gasteiger partial charge in [-0.25, -0.2) is 4.98 Å². The highest BCUT2D eigenvalue weighted by Gasteiger charge is 2.36. The van der Waals surface area contributed by atoms with Crippen molar-refractivity contribution in [1.29, 1.82) is 0 Å². The number of alkyl halides is 3. The Hall–Kier alpha value is -1.80. The van der Waals surface area contributed by atoms with Gasteiger partial charge in [0.1, 0.15) is 5.75 Å². The second-order valence-corrected chi connectivity index (χ2v) is 6.15. The number of hydrogen-bond acceptors (Lipinski definition) is 5. The Morgan fingerprint density at radius 2 is 1.76 bits per heavy atom. The van der Waals surface area contributed by atoms with Crippen molar-refractivity contribution in [3.05, 3.63) is 42.2 Å². The van der Waals surface area contributed by atoms with Crippen molar-refractivity contribution in [2.75, 3.05) is 0 Å².